The fourth-order valence-corrected chi connectivity index (χ4v) is 1.73. The Balaban J connectivity index is 2.47. The first kappa shape index (κ1) is 9.02. The van der Waals surface area contributed by atoms with Crippen LogP contribution in [0.1, 0.15) is 12.0 Å². The first-order valence-electron chi connectivity index (χ1n) is 4.52. The lowest BCUT2D eigenvalue weighted by atomic mass is 10.0. The van der Waals surface area contributed by atoms with Crippen molar-refractivity contribution in [3.05, 3.63) is 23.8 Å². The summed E-state index contributed by atoms with van der Waals surface area (Å²) in [7, 11) is 0. The molecule has 3 N–H and O–H groups in total. The van der Waals surface area contributed by atoms with Gasteiger partial charge in [0.25, 0.3) is 0 Å². The number of hydrogen-bond acceptors (Lipinski definition) is 3. The summed E-state index contributed by atoms with van der Waals surface area (Å²) in [5, 5.41) is 9.05. The van der Waals surface area contributed by atoms with Crippen molar-refractivity contribution in [2.75, 3.05) is 17.4 Å². The molecule has 0 bridgehead atoms. The van der Waals surface area contributed by atoms with Crippen LogP contribution < -0.4 is 10.6 Å². The fraction of sp³-hybridized carbons (Fsp3) is 0.300. The van der Waals surface area contributed by atoms with Crippen molar-refractivity contribution in [3.8, 4) is 0 Å². The van der Waals surface area contributed by atoms with E-state index in [0.717, 1.165) is 11.3 Å². The van der Waals surface area contributed by atoms with Crippen molar-refractivity contribution in [2.24, 2.45) is 0 Å². The molecule has 0 saturated carbocycles. The summed E-state index contributed by atoms with van der Waals surface area (Å²) in [5.74, 6) is -0.0372. The highest BCUT2D eigenvalue weighted by molar-refractivity contribution is 5.96. The van der Waals surface area contributed by atoms with Gasteiger partial charge in [-0.25, -0.2) is 0 Å². The summed E-state index contributed by atoms with van der Waals surface area (Å²) >= 11 is 0. The molecule has 0 aromatic heterocycles. The van der Waals surface area contributed by atoms with Gasteiger partial charge < -0.3 is 10.8 Å². The van der Waals surface area contributed by atoms with Crippen LogP contribution in [0.3, 0.4) is 0 Å². The molecule has 0 aliphatic carbocycles. The Morgan fingerprint density at radius 2 is 2.21 bits per heavy atom. The maximum Gasteiger partial charge on any atom is 0.229 e. The average Bonchev–Trinajstić information content (AvgIpc) is 2.18. The molecule has 4 nitrogen and oxygen atoms in total. The van der Waals surface area contributed by atoms with Gasteiger partial charge in [-0.05, 0) is 30.2 Å². The zero-order chi connectivity index (χ0) is 10.1. The van der Waals surface area contributed by atoms with Gasteiger partial charge in [0.15, 0.2) is 0 Å². The molecule has 1 heterocycles. The molecule has 4 heteroatoms. The first-order valence-corrected chi connectivity index (χ1v) is 4.52. The van der Waals surface area contributed by atoms with Crippen LogP contribution in [0.4, 0.5) is 11.4 Å². The lowest BCUT2D eigenvalue weighted by molar-refractivity contribution is -0.119. The molecule has 0 saturated heterocycles. The summed E-state index contributed by atoms with van der Waals surface area (Å²) in [6.07, 6.45) is 1.15. The molecule has 0 unspecified atom stereocenters. The van der Waals surface area contributed by atoms with Gasteiger partial charge in [0.2, 0.25) is 5.91 Å². The highest BCUT2D eigenvalue weighted by Gasteiger charge is 2.22. The van der Waals surface area contributed by atoms with Gasteiger partial charge in [0.05, 0.1) is 0 Å². The van der Waals surface area contributed by atoms with Gasteiger partial charge in [0, 0.05) is 17.8 Å². The number of nitrogen functional groups attached to an aromatic ring is 1. The van der Waals surface area contributed by atoms with E-state index in [4.69, 9.17) is 10.8 Å². The number of rotatable bonds is 1. The first-order chi connectivity index (χ1) is 6.72. The number of aliphatic hydroxyl groups excluding tert-OH is 1. The maximum atomic E-state index is 11.4. The monoisotopic (exact) mass is 192 g/mol. The fourth-order valence-electron chi connectivity index (χ4n) is 1.73. The van der Waals surface area contributed by atoms with Gasteiger partial charge in [-0.3, -0.25) is 9.69 Å². The van der Waals surface area contributed by atoms with Crippen LogP contribution in [0.5, 0.6) is 0 Å². The van der Waals surface area contributed by atoms with Crippen molar-refractivity contribution >= 4 is 17.3 Å². The SMILES string of the molecule is Nc1ccc2c(c1)CCC(=O)N2CO. The molecule has 2 rings (SSSR count). The van der Waals surface area contributed by atoms with Gasteiger partial charge in [-0.2, -0.15) is 0 Å². The molecule has 1 aliphatic rings. The Hall–Kier alpha value is -1.55. The number of fused-ring (bicyclic) bond motifs is 1. The summed E-state index contributed by atoms with van der Waals surface area (Å²) in [6, 6.07) is 5.36. The molecule has 1 aromatic carbocycles. The number of hydrogen-bond donors (Lipinski definition) is 2. The number of benzene rings is 1. The topological polar surface area (TPSA) is 66.6 Å². The number of amides is 1. The second-order valence-electron chi connectivity index (χ2n) is 3.35. The predicted molar refractivity (Wildman–Crippen MR) is 53.7 cm³/mol. The van der Waals surface area contributed by atoms with E-state index in [-0.39, 0.29) is 12.6 Å². The third-order valence-corrected chi connectivity index (χ3v) is 2.45. The molecular weight excluding hydrogens is 180 g/mol. The van der Waals surface area contributed by atoms with E-state index in [2.05, 4.69) is 0 Å². The third-order valence-electron chi connectivity index (χ3n) is 2.45. The molecule has 74 valence electrons. The molecule has 1 aliphatic heterocycles. The highest BCUT2D eigenvalue weighted by Crippen LogP contribution is 2.28. The number of nitrogens with zero attached hydrogens (tertiary/aromatic N) is 1. The molecule has 0 spiro atoms. The van der Waals surface area contributed by atoms with Crippen LogP contribution in [-0.4, -0.2) is 17.7 Å². The van der Waals surface area contributed by atoms with Crippen molar-refractivity contribution in [3.63, 3.8) is 0 Å². The van der Waals surface area contributed by atoms with Crippen LogP contribution in [0.15, 0.2) is 18.2 Å². The van der Waals surface area contributed by atoms with E-state index in [9.17, 15) is 4.79 Å². The maximum absolute atomic E-state index is 11.4. The summed E-state index contributed by atoms with van der Waals surface area (Å²) < 4.78 is 0. The third kappa shape index (κ3) is 1.33. The summed E-state index contributed by atoms with van der Waals surface area (Å²) in [4.78, 5) is 12.8. The van der Waals surface area contributed by atoms with Gasteiger partial charge in [-0.1, -0.05) is 0 Å². The Morgan fingerprint density at radius 3 is 2.93 bits per heavy atom. The van der Waals surface area contributed by atoms with E-state index in [1.807, 2.05) is 6.07 Å². The largest absolute Gasteiger partial charge is 0.399 e. The standard InChI is InChI=1S/C10H12N2O2/c11-8-2-3-9-7(5-8)1-4-10(14)12(9)6-13/h2-3,5,13H,1,4,6,11H2. The Labute approximate surface area is 81.9 Å². The number of nitrogens with two attached hydrogens (primary N) is 1. The van der Waals surface area contributed by atoms with Crippen molar-refractivity contribution in [2.45, 2.75) is 12.8 Å². The Bertz CT molecular complexity index is 376. The molecule has 0 fully saturated rings. The van der Waals surface area contributed by atoms with Crippen molar-refractivity contribution in [1.82, 2.24) is 0 Å². The smallest absolute Gasteiger partial charge is 0.229 e. The number of aryl methyl sites for hydroxylation is 1. The Kier molecular flexibility index (Phi) is 2.13. The number of carbonyl (C=O) groups is 1. The van der Waals surface area contributed by atoms with Gasteiger partial charge in [-0.15, -0.1) is 0 Å². The van der Waals surface area contributed by atoms with Gasteiger partial charge >= 0.3 is 0 Å². The number of aliphatic hydroxyl groups is 1. The lowest BCUT2D eigenvalue weighted by Crippen LogP contribution is -2.35. The zero-order valence-corrected chi connectivity index (χ0v) is 7.73. The highest BCUT2D eigenvalue weighted by atomic mass is 16.3. The molecule has 0 atom stereocenters. The van der Waals surface area contributed by atoms with Crippen molar-refractivity contribution < 1.29 is 9.90 Å². The van der Waals surface area contributed by atoms with Crippen LogP contribution in [0.25, 0.3) is 0 Å². The normalized spacial score (nSPS) is 15.5. The molecule has 0 radical (unpaired) electrons. The minimum Gasteiger partial charge on any atom is -0.399 e. The molecule has 14 heavy (non-hydrogen) atoms. The number of anilines is 2. The zero-order valence-electron chi connectivity index (χ0n) is 7.73. The van der Waals surface area contributed by atoms with E-state index in [1.54, 1.807) is 12.1 Å². The quantitative estimate of drug-likeness (QED) is 0.637. The summed E-state index contributed by atoms with van der Waals surface area (Å²) in [6.45, 7) is -0.268. The molecular formula is C10H12N2O2. The van der Waals surface area contributed by atoms with Crippen LogP contribution in [0, 0.1) is 0 Å². The summed E-state index contributed by atoms with van der Waals surface area (Å²) in [5.41, 5.74) is 8.13. The van der Waals surface area contributed by atoms with E-state index in [1.165, 1.54) is 4.90 Å². The van der Waals surface area contributed by atoms with E-state index < -0.39 is 0 Å². The predicted octanol–water partition coefficient (Wildman–Crippen LogP) is 0.498. The van der Waals surface area contributed by atoms with E-state index in [0.29, 0.717) is 18.5 Å². The minimum atomic E-state index is -0.268. The molecule has 1 amide bonds. The van der Waals surface area contributed by atoms with Crippen LogP contribution in [0.2, 0.25) is 0 Å². The van der Waals surface area contributed by atoms with Gasteiger partial charge in [0.1, 0.15) is 6.73 Å². The number of carbonyl (C=O) groups excluding carboxylic acids is 1. The molecule has 1 aromatic rings. The second-order valence-corrected chi connectivity index (χ2v) is 3.35. The van der Waals surface area contributed by atoms with Crippen LogP contribution >= 0.6 is 0 Å². The lowest BCUT2D eigenvalue weighted by Gasteiger charge is -2.27. The van der Waals surface area contributed by atoms with Crippen molar-refractivity contribution in [1.29, 1.82) is 0 Å². The van der Waals surface area contributed by atoms with E-state index >= 15 is 0 Å². The average molecular weight is 192 g/mol. The Morgan fingerprint density at radius 1 is 1.43 bits per heavy atom. The minimum absolute atomic E-state index is 0.0372. The van der Waals surface area contributed by atoms with Crippen LogP contribution in [-0.2, 0) is 11.2 Å². The second kappa shape index (κ2) is 3.31.